The number of halogens is 1. The lowest BCUT2D eigenvalue weighted by Crippen LogP contribution is -2.64. The van der Waals surface area contributed by atoms with E-state index in [1.165, 1.54) is 12.1 Å². The van der Waals surface area contributed by atoms with Crippen molar-refractivity contribution in [3.8, 4) is 5.75 Å². The predicted octanol–water partition coefficient (Wildman–Crippen LogP) is 4.07. The van der Waals surface area contributed by atoms with E-state index in [9.17, 15) is 4.39 Å². The molecule has 1 saturated carbocycles. The fraction of sp³-hybridized carbons (Fsp3) is 0.647. The molecule has 2 atom stereocenters. The van der Waals surface area contributed by atoms with Crippen molar-refractivity contribution >= 4 is 0 Å². The van der Waals surface area contributed by atoms with E-state index in [1.54, 1.807) is 6.07 Å². The SMILES string of the molecule is CCNC1CC(Oc2ccc(F)cc2C)C1(CC)CC. The third-order valence-electron chi connectivity index (χ3n) is 4.96. The van der Waals surface area contributed by atoms with E-state index in [2.05, 4.69) is 26.1 Å². The minimum absolute atomic E-state index is 0.203. The third-order valence-corrected chi connectivity index (χ3v) is 4.96. The molecule has 0 saturated heterocycles. The van der Waals surface area contributed by atoms with Crippen LogP contribution in [0, 0.1) is 18.2 Å². The highest BCUT2D eigenvalue weighted by atomic mass is 19.1. The van der Waals surface area contributed by atoms with Crippen LogP contribution in [0.5, 0.6) is 5.75 Å². The standard InChI is InChI=1S/C17H26FNO/c1-5-17(6-2)15(19-7-3)11-16(17)20-14-9-8-13(18)10-12(14)4/h8-10,15-16,19H,5-7,11H2,1-4H3. The van der Waals surface area contributed by atoms with Gasteiger partial charge in [-0.3, -0.25) is 0 Å². The van der Waals surface area contributed by atoms with Crippen molar-refractivity contribution in [2.75, 3.05) is 6.54 Å². The summed E-state index contributed by atoms with van der Waals surface area (Å²) in [6.07, 6.45) is 3.47. The van der Waals surface area contributed by atoms with E-state index >= 15 is 0 Å². The maximum atomic E-state index is 13.2. The van der Waals surface area contributed by atoms with Gasteiger partial charge in [-0.25, -0.2) is 4.39 Å². The summed E-state index contributed by atoms with van der Waals surface area (Å²) in [6, 6.07) is 5.30. The zero-order valence-corrected chi connectivity index (χ0v) is 13.0. The van der Waals surface area contributed by atoms with Gasteiger partial charge in [0.15, 0.2) is 0 Å². The van der Waals surface area contributed by atoms with E-state index in [4.69, 9.17) is 4.74 Å². The van der Waals surface area contributed by atoms with Crippen LogP contribution >= 0.6 is 0 Å². The molecule has 0 heterocycles. The quantitative estimate of drug-likeness (QED) is 0.847. The summed E-state index contributed by atoms with van der Waals surface area (Å²) >= 11 is 0. The molecule has 0 bridgehead atoms. The van der Waals surface area contributed by atoms with Crippen LogP contribution in [-0.4, -0.2) is 18.7 Å². The third kappa shape index (κ3) is 2.56. The van der Waals surface area contributed by atoms with E-state index < -0.39 is 0 Å². The summed E-state index contributed by atoms with van der Waals surface area (Å²) < 4.78 is 19.4. The monoisotopic (exact) mass is 279 g/mol. The molecule has 3 heteroatoms. The first-order chi connectivity index (χ1) is 9.57. The fourth-order valence-corrected chi connectivity index (χ4v) is 3.54. The highest BCUT2D eigenvalue weighted by Gasteiger charge is 2.53. The number of rotatable bonds is 6. The van der Waals surface area contributed by atoms with Crippen molar-refractivity contribution in [2.45, 2.75) is 59.1 Å². The van der Waals surface area contributed by atoms with Gasteiger partial charge in [0.05, 0.1) is 0 Å². The molecular weight excluding hydrogens is 253 g/mol. The summed E-state index contributed by atoms with van der Waals surface area (Å²) in [6.45, 7) is 9.52. The van der Waals surface area contributed by atoms with Gasteiger partial charge in [0.25, 0.3) is 0 Å². The lowest BCUT2D eigenvalue weighted by atomic mass is 9.58. The predicted molar refractivity (Wildman–Crippen MR) is 80.6 cm³/mol. The smallest absolute Gasteiger partial charge is 0.123 e. The maximum absolute atomic E-state index is 13.2. The Kier molecular flexibility index (Phi) is 4.69. The van der Waals surface area contributed by atoms with Gasteiger partial charge in [-0.1, -0.05) is 20.8 Å². The topological polar surface area (TPSA) is 21.3 Å². The molecule has 20 heavy (non-hydrogen) atoms. The normalized spacial score (nSPS) is 24.2. The molecule has 0 aromatic heterocycles. The summed E-state index contributed by atoms with van der Waals surface area (Å²) in [5.41, 5.74) is 1.08. The van der Waals surface area contributed by atoms with Gasteiger partial charge in [-0.2, -0.15) is 0 Å². The van der Waals surface area contributed by atoms with Gasteiger partial charge in [-0.05, 0) is 50.1 Å². The number of hydrogen-bond donors (Lipinski definition) is 1. The van der Waals surface area contributed by atoms with Crippen LogP contribution in [0.1, 0.15) is 45.6 Å². The van der Waals surface area contributed by atoms with Crippen molar-refractivity contribution in [3.05, 3.63) is 29.6 Å². The van der Waals surface area contributed by atoms with E-state index in [1.807, 2.05) is 6.92 Å². The Balaban J connectivity index is 2.13. The maximum Gasteiger partial charge on any atom is 0.123 e. The van der Waals surface area contributed by atoms with Crippen LogP contribution in [0.3, 0.4) is 0 Å². The Morgan fingerprint density at radius 2 is 2.00 bits per heavy atom. The molecule has 2 unspecified atom stereocenters. The molecule has 1 aromatic carbocycles. The van der Waals surface area contributed by atoms with Crippen molar-refractivity contribution in [1.29, 1.82) is 0 Å². The highest BCUT2D eigenvalue weighted by Crippen LogP contribution is 2.49. The Morgan fingerprint density at radius 1 is 1.30 bits per heavy atom. The van der Waals surface area contributed by atoms with Gasteiger partial charge in [0.1, 0.15) is 17.7 Å². The van der Waals surface area contributed by atoms with Crippen molar-refractivity contribution in [3.63, 3.8) is 0 Å². The largest absolute Gasteiger partial charge is 0.489 e. The Labute approximate surface area is 121 Å². The Hall–Kier alpha value is -1.09. The molecule has 0 spiro atoms. The van der Waals surface area contributed by atoms with Gasteiger partial charge >= 0.3 is 0 Å². The zero-order chi connectivity index (χ0) is 14.8. The molecule has 1 fully saturated rings. The van der Waals surface area contributed by atoms with Crippen LogP contribution < -0.4 is 10.1 Å². The van der Waals surface area contributed by atoms with Crippen LogP contribution in [0.25, 0.3) is 0 Å². The zero-order valence-electron chi connectivity index (χ0n) is 13.0. The lowest BCUT2D eigenvalue weighted by molar-refractivity contribution is -0.0857. The van der Waals surface area contributed by atoms with E-state index in [0.29, 0.717) is 6.04 Å². The average molecular weight is 279 g/mol. The molecule has 112 valence electrons. The second-order valence-electron chi connectivity index (χ2n) is 5.80. The number of nitrogens with one attached hydrogen (secondary N) is 1. The molecular formula is C17H26FNO. The van der Waals surface area contributed by atoms with Gasteiger partial charge in [-0.15, -0.1) is 0 Å². The molecule has 0 aliphatic heterocycles. The van der Waals surface area contributed by atoms with Crippen LogP contribution in [0.4, 0.5) is 4.39 Å². The van der Waals surface area contributed by atoms with Gasteiger partial charge in [0.2, 0.25) is 0 Å². The van der Waals surface area contributed by atoms with Crippen molar-refractivity contribution in [2.24, 2.45) is 5.41 Å². The summed E-state index contributed by atoms with van der Waals surface area (Å²) in [7, 11) is 0. The van der Waals surface area contributed by atoms with Gasteiger partial charge < -0.3 is 10.1 Å². The number of ether oxygens (including phenoxy) is 1. The fourth-order valence-electron chi connectivity index (χ4n) is 3.54. The second-order valence-corrected chi connectivity index (χ2v) is 5.80. The molecule has 1 N–H and O–H groups in total. The number of aryl methyl sites for hydroxylation is 1. The number of benzene rings is 1. The van der Waals surface area contributed by atoms with Crippen LogP contribution in [0.2, 0.25) is 0 Å². The Morgan fingerprint density at radius 3 is 2.55 bits per heavy atom. The molecule has 1 aromatic rings. The first-order valence-corrected chi connectivity index (χ1v) is 7.73. The average Bonchev–Trinajstić information content (AvgIpc) is 2.41. The lowest BCUT2D eigenvalue weighted by Gasteiger charge is -2.55. The molecule has 0 radical (unpaired) electrons. The first-order valence-electron chi connectivity index (χ1n) is 7.73. The summed E-state index contributed by atoms with van der Waals surface area (Å²) in [4.78, 5) is 0. The molecule has 0 amide bonds. The van der Waals surface area contributed by atoms with Gasteiger partial charge in [0, 0.05) is 17.9 Å². The van der Waals surface area contributed by atoms with E-state index in [0.717, 1.165) is 37.1 Å². The second kappa shape index (κ2) is 6.13. The minimum atomic E-state index is -0.203. The van der Waals surface area contributed by atoms with Crippen molar-refractivity contribution < 1.29 is 9.13 Å². The molecule has 2 rings (SSSR count). The van der Waals surface area contributed by atoms with E-state index in [-0.39, 0.29) is 17.3 Å². The number of hydrogen-bond acceptors (Lipinski definition) is 2. The molecule has 2 nitrogen and oxygen atoms in total. The first kappa shape index (κ1) is 15.3. The van der Waals surface area contributed by atoms with Crippen molar-refractivity contribution in [1.82, 2.24) is 5.32 Å². The Bertz CT molecular complexity index is 456. The van der Waals surface area contributed by atoms with Crippen LogP contribution in [-0.2, 0) is 0 Å². The highest BCUT2D eigenvalue weighted by molar-refractivity contribution is 5.33. The minimum Gasteiger partial charge on any atom is -0.489 e. The van der Waals surface area contributed by atoms with Crippen LogP contribution in [0.15, 0.2) is 18.2 Å². The molecule has 1 aliphatic carbocycles. The summed E-state index contributed by atoms with van der Waals surface area (Å²) in [5.74, 6) is 0.615. The summed E-state index contributed by atoms with van der Waals surface area (Å²) in [5, 5.41) is 3.57. The molecule has 1 aliphatic rings.